The zero-order chi connectivity index (χ0) is 12.2. The standard InChI is InChI=1S/C14H17N3O/c18-14(10-5-6-10)8-17(9-14)7-13-15-11-3-1-2-4-12(11)16-13/h1-4,10,18H,5-9H2,(H,15,16). The zero-order valence-electron chi connectivity index (χ0n) is 10.3. The zero-order valence-corrected chi connectivity index (χ0v) is 10.3. The highest BCUT2D eigenvalue weighted by Crippen LogP contribution is 2.44. The number of aliphatic hydroxyl groups is 1. The number of hydrogen-bond acceptors (Lipinski definition) is 3. The SMILES string of the molecule is OC1(C2CC2)CN(Cc2nc3ccccc3[nH]2)C1. The number of benzene rings is 1. The average Bonchev–Trinajstić information content (AvgIpc) is 3.08. The summed E-state index contributed by atoms with van der Waals surface area (Å²) < 4.78 is 0. The monoisotopic (exact) mass is 243 g/mol. The Labute approximate surface area is 106 Å². The summed E-state index contributed by atoms with van der Waals surface area (Å²) in [4.78, 5) is 10.2. The molecular weight excluding hydrogens is 226 g/mol. The molecule has 2 N–H and O–H groups in total. The predicted molar refractivity (Wildman–Crippen MR) is 69.0 cm³/mol. The second kappa shape index (κ2) is 3.56. The lowest BCUT2D eigenvalue weighted by molar-refractivity contribution is -0.117. The topological polar surface area (TPSA) is 52.1 Å². The van der Waals surface area contributed by atoms with Crippen molar-refractivity contribution in [3.05, 3.63) is 30.1 Å². The number of aromatic nitrogens is 2. The number of para-hydroxylation sites is 2. The maximum Gasteiger partial charge on any atom is 0.121 e. The minimum Gasteiger partial charge on any atom is -0.387 e. The Hall–Kier alpha value is -1.39. The van der Waals surface area contributed by atoms with E-state index in [1.165, 1.54) is 12.8 Å². The molecule has 2 fully saturated rings. The molecule has 1 saturated heterocycles. The first kappa shape index (κ1) is 10.5. The number of β-amino-alcohol motifs (C(OH)–C–C–N with tert-alkyl or cyclic N) is 1. The van der Waals surface area contributed by atoms with Crippen LogP contribution >= 0.6 is 0 Å². The first-order valence-electron chi connectivity index (χ1n) is 6.61. The van der Waals surface area contributed by atoms with Gasteiger partial charge < -0.3 is 10.1 Å². The fourth-order valence-corrected chi connectivity index (χ4v) is 3.01. The molecule has 2 heterocycles. The fraction of sp³-hybridized carbons (Fsp3) is 0.500. The Kier molecular flexibility index (Phi) is 2.08. The van der Waals surface area contributed by atoms with E-state index in [4.69, 9.17) is 0 Å². The third-order valence-electron chi connectivity index (χ3n) is 4.14. The van der Waals surface area contributed by atoms with Gasteiger partial charge in [0.15, 0.2) is 0 Å². The van der Waals surface area contributed by atoms with E-state index in [1.54, 1.807) is 0 Å². The highest BCUT2D eigenvalue weighted by atomic mass is 16.3. The molecule has 94 valence electrons. The number of fused-ring (bicyclic) bond motifs is 1. The lowest BCUT2D eigenvalue weighted by atomic mass is 9.89. The molecule has 0 radical (unpaired) electrons. The van der Waals surface area contributed by atoms with E-state index in [0.29, 0.717) is 5.92 Å². The summed E-state index contributed by atoms with van der Waals surface area (Å²) in [5.74, 6) is 1.55. The van der Waals surface area contributed by atoms with Crippen LogP contribution in [0.5, 0.6) is 0 Å². The lowest BCUT2D eigenvalue weighted by Crippen LogP contribution is -2.62. The third kappa shape index (κ3) is 1.64. The molecule has 4 rings (SSSR count). The van der Waals surface area contributed by atoms with Crippen LogP contribution < -0.4 is 0 Å². The van der Waals surface area contributed by atoms with Crippen molar-refractivity contribution in [3.63, 3.8) is 0 Å². The number of nitrogens with one attached hydrogen (secondary N) is 1. The number of hydrogen-bond donors (Lipinski definition) is 2. The van der Waals surface area contributed by atoms with Crippen LogP contribution in [0.1, 0.15) is 18.7 Å². The van der Waals surface area contributed by atoms with Crippen LogP contribution in [0.25, 0.3) is 11.0 Å². The number of H-pyrrole nitrogens is 1. The van der Waals surface area contributed by atoms with Gasteiger partial charge in [0.1, 0.15) is 5.82 Å². The van der Waals surface area contributed by atoms with Crippen molar-refractivity contribution in [2.24, 2.45) is 5.92 Å². The molecular formula is C14H17N3O. The molecule has 18 heavy (non-hydrogen) atoms. The van der Waals surface area contributed by atoms with Crippen molar-refractivity contribution in [3.8, 4) is 0 Å². The molecule has 0 atom stereocenters. The van der Waals surface area contributed by atoms with Crippen molar-refractivity contribution in [1.29, 1.82) is 0 Å². The number of rotatable bonds is 3. The van der Waals surface area contributed by atoms with Gasteiger partial charge in [0.2, 0.25) is 0 Å². The van der Waals surface area contributed by atoms with Gasteiger partial charge in [0.25, 0.3) is 0 Å². The first-order chi connectivity index (χ1) is 8.73. The van der Waals surface area contributed by atoms with E-state index in [0.717, 1.165) is 36.5 Å². The van der Waals surface area contributed by atoms with Crippen LogP contribution in [0, 0.1) is 5.92 Å². The summed E-state index contributed by atoms with van der Waals surface area (Å²) in [6, 6.07) is 8.08. The van der Waals surface area contributed by atoms with Crippen LogP contribution in [0.3, 0.4) is 0 Å². The maximum absolute atomic E-state index is 10.3. The summed E-state index contributed by atoms with van der Waals surface area (Å²) in [6.45, 7) is 2.41. The van der Waals surface area contributed by atoms with Gasteiger partial charge in [-0.05, 0) is 30.9 Å². The predicted octanol–water partition coefficient (Wildman–Crippen LogP) is 1.52. The number of nitrogens with zero attached hydrogens (tertiary/aromatic N) is 2. The second-order valence-electron chi connectivity index (χ2n) is 5.72. The van der Waals surface area contributed by atoms with E-state index in [1.807, 2.05) is 24.3 Å². The van der Waals surface area contributed by atoms with Gasteiger partial charge in [-0.2, -0.15) is 0 Å². The normalized spacial score (nSPS) is 23.2. The number of likely N-dealkylation sites (tertiary alicyclic amines) is 1. The summed E-state index contributed by atoms with van der Waals surface area (Å²) in [6.07, 6.45) is 2.41. The molecule has 0 unspecified atom stereocenters. The van der Waals surface area contributed by atoms with Gasteiger partial charge in [0, 0.05) is 13.1 Å². The minimum absolute atomic E-state index is 0.397. The van der Waals surface area contributed by atoms with Crippen LogP contribution in [-0.2, 0) is 6.54 Å². The Morgan fingerprint density at radius 1 is 1.33 bits per heavy atom. The van der Waals surface area contributed by atoms with Gasteiger partial charge in [-0.3, -0.25) is 4.90 Å². The Morgan fingerprint density at radius 3 is 2.83 bits per heavy atom. The molecule has 1 aliphatic carbocycles. The molecule has 1 aliphatic heterocycles. The van der Waals surface area contributed by atoms with E-state index < -0.39 is 5.60 Å². The minimum atomic E-state index is -0.397. The third-order valence-corrected chi connectivity index (χ3v) is 4.14. The van der Waals surface area contributed by atoms with Crippen molar-refractivity contribution in [2.75, 3.05) is 13.1 Å². The summed E-state index contributed by atoms with van der Waals surface area (Å²) in [7, 11) is 0. The van der Waals surface area contributed by atoms with Gasteiger partial charge in [-0.1, -0.05) is 12.1 Å². The van der Waals surface area contributed by atoms with Gasteiger partial charge in [-0.25, -0.2) is 4.98 Å². The molecule has 2 aromatic rings. The largest absolute Gasteiger partial charge is 0.387 e. The highest BCUT2D eigenvalue weighted by molar-refractivity contribution is 5.74. The smallest absolute Gasteiger partial charge is 0.121 e. The Morgan fingerprint density at radius 2 is 2.11 bits per heavy atom. The fourth-order valence-electron chi connectivity index (χ4n) is 3.01. The van der Waals surface area contributed by atoms with Crippen molar-refractivity contribution >= 4 is 11.0 Å². The molecule has 4 heteroatoms. The van der Waals surface area contributed by atoms with Crippen LogP contribution in [0.4, 0.5) is 0 Å². The van der Waals surface area contributed by atoms with Crippen molar-refractivity contribution < 1.29 is 5.11 Å². The average molecular weight is 243 g/mol. The molecule has 1 saturated carbocycles. The van der Waals surface area contributed by atoms with Gasteiger partial charge >= 0.3 is 0 Å². The van der Waals surface area contributed by atoms with Gasteiger partial charge in [0.05, 0.1) is 23.2 Å². The molecule has 2 aliphatic rings. The quantitative estimate of drug-likeness (QED) is 0.859. The summed E-state index contributed by atoms with van der Waals surface area (Å²) >= 11 is 0. The number of imidazole rings is 1. The summed E-state index contributed by atoms with van der Waals surface area (Å²) in [5.41, 5.74) is 1.71. The number of aromatic amines is 1. The first-order valence-corrected chi connectivity index (χ1v) is 6.61. The summed E-state index contributed by atoms with van der Waals surface area (Å²) in [5, 5.41) is 10.3. The molecule has 1 aromatic carbocycles. The molecule has 4 nitrogen and oxygen atoms in total. The molecule has 1 aromatic heterocycles. The maximum atomic E-state index is 10.3. The van der Waals surface area contributed by atoms with Crippen LogP contribution in [0.2, 0.25) is 0 Å². The molecule has 0 spiro atoms. The van der Waals surface area contributed by atoms with Crippen LogP contribution in [0.15, 0.2) is 24.3 Å². The van der Waals surface area contributed by atoms with E-state index >= 15 is 0 Å². The highest BCUT2D eigenvalue weighted by Gasteiger charge is 2.51. The Bertz CT molecular complexity index is 548. The van der Waals surface area contributed by atoms with Gasteiger partial charge in [-0.15, -0.1) is 0 Å². The lowest BCUT2D eigenvalue weighted by Gasteiger charge is -2.46. The van der Waals surface area contributed by atoms with Crippen molar-refractivity contribution in [1.82, 2.24) is 14.9 Å². The van der Waals surface area contributed by atoms with E-state index in [2.05, 4.69) is 14.9 Å². The van der Waals surface area contributed by atoms with E-state index in [9.17, 15) is 5.11 Å². The molecule has 0 amide bonds. The van der Waals surface area contributed by atoms with Crippen molar-refractivity contribution in [2.45, 2.75) is 25.0 Å². The Balaban J connectivity index is 1.46. The molecule has 0 bridgehead atoms. The van der Waals surface area contributed by atoms with Crippen LogP contribution in [-0.4, -0.2) is 38.7 Å². The van der Waals surface area contributed by atoms with E-state index in [-0.39, 0.29) is 0 Å². The second-order valence-corrected chi connectivity index (χ2v) is 5.72.